The minimum Gasteiger partial charge on any atom is -0.334 e. The molecule has 1 aromatic heterocycles. The lowest BCUT2D eigenvalue weighted by atomic mass is 9.93. The van der Waals surface area contributed by atoms with E-state index < -0.39 is 29.0 Å². The first-order valence-electron chi connectivity index (χ1n) is 10.6. The monoisotopic (exact) mass is 466 g/mol. The zero-order chi connectivity index (χ0) is 23.9. The van der Waals surface area contributed by atoms with Crippen molar-refractivity contribution in [3.05, 3.63) is 62.8 Å². The number of nitrogens with zero attached hydrogens (tertiary/aromatic N) is 3. The van der Waals surface area contributed by atoms with E-state index in [1.807, 2.05) is 12.0 Å². The van der Waals surface area contributed by atoms with Gasteiger partial charge in [0.1, 0.15) is 17.9 Å². The Morgan fingerprint density at radius 2 is 1.97 bits per heavy atom. The van der Waals surface area contributed by atoms with Crippen molar-refractivity contribution in [1.82, 2.24) is 20.0 Å². The van der Waals surface area contributed by atoms with Gasteiger partial charge in [-0.1, -0.05) is 6.07 Å². The van der Waals surface area contributed by atoms with Gasteiger partial charge in [0, 0.05) is 25.0 Å². The number of rotatable bonds is 3. The van der Waals surface area contributed by atoms with Crippen molar-refractivity contribution in [1.29, 1.82) is 0 Å². The van der Waals surface area contributed by atoms with Gasteiger partial charge in [0.25, 0.3) is 11.5 Å². The smallest absolute Gasteiger partial charge is 0.334 e. The fourth-order valence-electron chi connectivity index (χ4n) is 4.61. The Balaban J connectivity index is 1.56. The summed E-state index contributed by atoms with van der Waals surface area (Å²) in [6, 6.07) is 4.25. The van der Waals surface area contributed by atoms with E-state index in [-0.39, 0.29) is 42.2 Å². The summed E-state index contributed by atoms with van der Waals surface area (Å²) < 4.78 is 53.5. The summed E-state index contributed by atoms with van der Waals surface area (Å²) in [4.78, 5) is 40.2. The van der Waals surface area contributed by atoms with Gasteiger partial charge in [-0.2, -0.15) is 18.3 Å². The first-order valence-corrected chi connectivity index (χ1v) is 10.6. The van der Waals surface area contributed by atoms with Crippen molar-refractivity contribution in [2.75, 3.05) is 13.1 Å². The molecule has 2 aliphatic heterocycles. The Morgan fingerprint density at radius 1 is 1.21 bits per heavy atom. The summed E-state index contributed by atoms with van der Waals surface area (Å²) in [5, 5.41) is 5.43. The molecule has 0 aliphatic carbocycles. The van der Waals surface area contributed by atoms with Gasteiger partial charge in [-0.3, -0.25) is 14.4 Å². The molecule has 0 bridgehead atoms. The van der Waals surface area contributed by atoms with Crippen molar-refractivity contribution in [3.63, 3.8) is 0 Å². The van der Waals surface area contributed by atoms with Crippen LogP contribution in [-0.2, 0) is 17.4 Å². The maximum Gasteiger partial charge on any atom is 0.421 e. The SMILES string of the molecule is C[C@@H]1CCC[C@@H]2CN(C(=O)c3cc(Cc4cc(C(F)(F)F)c(=O)[nH]n4)ccc3F)CC(=O)N21. The molecular formula is C22H22F4N4O3. The quantitative estimate of drug-likeness (QED) is 0.705. The van der Waals surface area contributed by atoms with Crippen molar-refractivity contribution in [2.45, 2.75) is 50.9 Å². The zero-order valence-corrected chi connectivity index (χ0v) is 17.8. The van der Waals surface area contributed by atoms with E-state index in [9.17, 15) is 31.9 Å². The lowest BCUT2D eigenvalue weighted by Crippen LogP contribution is -2.61. The van der Waals surface area contributed by atoms with Crippen LogP contribution in [0, 0.1) is 5.82 Å². The molecule has 0 unspecified atom stereocenters. The van der Waals surface area contributed by atoms with E-state index in [1.165, 1.54) is 17.0 Å². The standard InChI is InChI=1S/C22H22F4N4O3/c1-12-3-2-4-15-10-29(11-19(31)30(12)15)21(33)16-8-13(5-6-18(16)23)7-14-9-17(22(24,25)26)20(32)28-27-14/h5-6,8-9,12,15H,2-4,7,10-11H2,1H3,(H,28,32)/t12-,15-/m1/s1. The third-order valence-corrected chi connectivity index (χ3v) is 6.17. The molecule has 1 N–H and O–H groups in total. The number of halogens is 4. The van der Waals surface area contributed by atoms with E-state index in [1.54, 1.807) is 4.90 Å². The number of aromatic amines is 1. The fourth-order valence-corrected chi connectivity index (χ4v) is 4.61. The van der Waals surface area contributed by atoms with Gasteiger partial charge in [0.2, 0.25) is 5.91 Å². The highest BCUT2D eigenvalue weighted by Gasteiger charge is 2.39. The van der Waals surface area contributed by atoms with Crippen molar-refractivity contribution in [3.8, 4) is 0 Å². The summed E-state index contributed by atoms with van der Waals surface area (Å²) >= 11 is 0. The summed E-state index contributed by atoms with van der Waals surface area (Å²) in [7, 11) is 0. The maximum atomic E-state index is 14.5. The third kappa shape index (κ3) is 4.62. The normalized spacial score (nSPS) is 21.2. The predicted molar refractivity (Wildman–Crippen MR) is 109 cm³/mol. The van der Waals surface area contributed by atoms with Gasteiger partial charge in [0.15, 0.2) is 0 Å². The molecule has 2 atom stereocenters. The van der Waals surface area contributed by atoms with Crippen LogP contribution in [0.3, 0.4) is 0 Å². The predicted octanol–water partition coefficient (Wildman–Crippen LogP) is 2.74. The van der Waals surface area contributed by atoms with Crippen LogP contribution in [-0.4, -0.2) is 57.0 Å². The molecule has 2 aliphatic rings. The van der Waals surface area contributed by atoms with E-state index in [4.69, 9.17) is 0 Å². The molecular weight excluding hydrogens is 444 g/mol. The number of H-pyrrole nitrogens is 1. The highest BCUT2D eigenvalue weighted by molar-refractivity contribution is 5.97. The Hall–Kier alpha value is -3.24. The summed E-state index contributed by atoms with van der Waals surface area (Å²) in [6.45, 7) is 2.12. The van der Waals surface area contributed by atoms with Crippen molar-refractivity contribution >= 4 is 11.8 Å². The topological polar surface area (TPSA) is 86.4 Å². The number of carbonyl (C=O) groups is 2. The average molecular weight is 466 g/mol. The zero-order valence-electron chi connectivity index (χ0n) is 17.8. The Morgan fingerprint density at radius 3 is 2.70 bits per heavy atom. The van der Waals surface area contributed by atoms with E-state index in [2.05, 4.69) is 5.10 Å². The highest BCUT2D eigenvalue weighted by Crippen LogP contribution is 2.29. The minimum atomic E-state index is -4.85. The van der Waals surface area contributed by atoms with E-state index in [0.717, 1.165) is 25.3 Å². The van der Waals surface area contributed by atoms with Crippen LogP contribution in [0.15, 0.2) is 29.1 Å². The molecule has 1 aromatic carbocycles. The van der Waals surface area contributed by atoms with Gasteiger partial charge in [-0.05, 0) is 49.9 Å². The molecule has 2 amide bonds. The van der Waals surface area contributed by atoms with Crippen LogP contribution in [0.25, 0.3) is 0 Å². The number of amides is 2. The van der Waals surface area contributed by atoms with E-state index in [0.29, 0.717) is 18.2 Å². The molecule has 0 saturated carbocycles. The number of benzene rings is 1. The first kappa shape index (κ1) is 22.9. The minimum absolute atomic E-state index is 0.0908. The van der Waals surface area contributed by atoms with Crippen LogP contribution in [0.2, 0.25) is 0 Å². The molecule has 4 rings (SSSR count). The number of aromatic nitrogens is 2. The Kier molecular flexibility index (Phi) is 5.98. The Bertz CT molecular complexity index is 1150. The van der Waals surface area contributed by atoms with Crippen LogP contribution in [0.1, 0.15) is 53.4 Å². The second-order valence-electron chi connectivity index (χ2n) is 8.51. The number of hydrogen-bond donors (Lipinski definition) is 1. The van der Waals surface area contributed by atoms with Gasteiger partial charge < -0.3 is 9.80 Å². The molecule has 0 radical (unpaired) electrons. The number of hydrogen-bond acceptors (Lipinski definition) is 4. The van der Waals surface area contributed by atoms with Crippen molar-refractivity contribution in [2.24, 2.45) is 0 Å². The molecule has 3 heterocycles. The van der Waals surface area contributed by atoms with Crippen molar-refractivity contribution < 1.29 is 27.2 Å². The molecule has 7 nitrogen and oxygen atoms in total. The van der Waals surface area contributed by atoms with Gasteiger partial charge in [0.05, 0.1) is 11.3 Å². The molecule has 0 spiro atoms. The molecule has 2 aromatic rings. The summed E-state index contributed by atoms with van der Waals surface area (Å²) in [5.41, 5.74) is -2.76. The number of piperazine rings is 1. The largest absolute Gasteiger partial charge is 0.421 e. The summed E-state index contributed by atoms with van der Waals surface area (Å²) in [6.07, 6.45) is -2.40. The third-order valence-electron chi connectivity index (χ3n) is 6.17. The molecule has 176 valence electrons. The second-order valence-corrected chi connectivity index (χ2v) is 8.51. The van der Waals surface area contributed by atoms with Gasteiger partial charge >= 0.3 is 6.18 Å². The summed E-state index contributed by atoms with van der Waals surface area (Å²) in [5.74, 6) is -1.62. The first-order chi connectivity index (χ1) is 15.5. The van der Waals surface area contributed by atoms with E-state index >= 15 is 0 Å². The number of fused-ring (bicyclic) bond motifs is 1. The molecule has 33 heavy (non-hydrogen) atoms. The second kappa shape index (κ2) is 8.60. The lowest BCUT2D eigenvalue weighted by molar-refractivity contribution is -0.143. The maximum absolute atomic E-state index is 14.5. The lowest BCUT2D eigenvalue weighted by Gasteiger charge is -2.47. The molecule has 11 heteroatoms. The number of alkyl halides is 3. The molecule has 2 fully saturated rings. The van der Waals surface area contributed by atoms with Gasteiger partial charge in [-0.15, -0.1) is 0 Å². The number of carbonyl (C=O) groups excluding carboxylic acids is 2. The molecule has 2 saturated heterocycles. The van der Waals surface area contributed by atoms with Crippen LogP contribution >= 0.6 is 0 Å². The fraction of sp³-hybridized carbons (Fsp3) is 0.455. The van der Waals surface area contributed by atoms with Crippen LogP contribution in [0.5, 0.6) is 0 Å². The number of piperidine rings is 1. The van der Waals surface area contributed by atoms with Crippen LogP contribution in [0.4, 0.5) is 17.6 Å². The highest BCUT2D eigenvalue weighted by atomic mass is 19.4. The Labute approximate surface area is 186 Å². The van der Waals surface area contributed by atoms with Gasteiger partial charge in [-0.25, -0.2) is 9.49 Å². The van der Waals surface area contributed by atoms with Crippen LogP contribution < -0.4 is 5.56 Å². The number of nitrogens with one attached hydrogen (secondary N) is 1. The average Bonchev–Trinajstić information content (AvgIpc) is 2.75.